The van der Waals surface area contributed by atoms with Crippen molar-refractivity contribution in [3.63, 3.8) is 0 Å². The van der Waals surface area contributed by atoms with E-state index in [-0.39, 0.29) is 17.1 Å². The van der Waals surface area contributed by atoms with E-state index in [9.17, 15) is 4.79 Å². The number of carbonyl (C=O) groups is 1. The van der Waals surface area contributed by atoms with E-state index in [0.29, 0.717) is 10.8 Å². The molecule has 0 amide bonds. The number of carboxylic acids is 1. The number of anilines is 1. The SMILES string of the molecule is Nc1cc(C(=O)O)c(Oc2cc(Br)ccc2Cl)cn1. The van der Waals surface area contributed by atoms with Gasteiger partial charge in [0.05, 0.1) is 11.2 Å². The molecule has 0 fully saturated rings. The van der Waals surface area contributed by atoms with Gasteiger partial charge in [0.1, 0.15) is 17.1 Å². The lowest BCUT2D eigenvalue weighted by molar-refractivity contribution is 0.0694. The first-order valence-corrected chi connectivity index (χ1v) is 6.26. The summed E-state index contributed by atoms with van der Waals surface area (Å²) in [7, 11) is 0. The molecule has 7 heteroatoms. The maximum absolute atomic E-state index is 11.1. The average molecular weight is 344 g/mol. The quantitative estimate of drug-likeness (QED) is 0.890. The number of nitrogen functional groups attached to an aromatic ring is 1. The zero-order valence-electron chi connectivity index (χ0n) is 9.43. The summed E-state index contributed by atoms with van der Waals surface area (Å²) in [5, 5.41) is 9.44. The number of benzene rings is 1. The molecule has 5 nitrogen and oxygen atoms in total. The summed E-state index contributed by atoms with van der Waals surface area (Å²) in [6, 6.07) is 6.23. The molecule has 1 aromatic heterocycles. The van der Waals surface area contributed by atoms with Crippen LogP contribution in [0, 0.1) is 0 Å². The minimum atomic E-state index is -1.16. The molecular formula is C12H8BrClN2O3. The normalized spacial score (nSPS) is 10.2. The number of nitrogens with two attached hydrogens (primary N) is 1. The molecule has 1 heterocycles. The zero-order valence-corrected chi connectivity index (χ0v) is 11.8. The van der Waals surface area contributed by atoms with Crippen molar-refractivity contribution in [2.24, 2.45) is 0 Å². The van der Waals surface area contributed by atoms with Crippen molar-refractivity contribution < 1.29 is 14.6 Å². The Balaban J connectivity index is 2.43. The van der Waals surface area contributed by atoms with Crippen LogP contribution in [0.5, 0.6) is 11.5 Å². The molecular weight excluding hydrogens is 336 g/mol. The van der Waals surface area contributed by atoms with Gasteiger partial charge in [-0.2, -0.15) is 0 Å². The summed E-state index contributed by atoms with van der Waals surface area (Å²) in [5.41, 5.74) is 5.37. The van der Waals surface area contributed by atoms with Crippen LogP contribution in [-0.4, -0.2) is 16.1 Å². The fourth-order valence-corrected chi connectivity index (χ4v) is 1.88. The fourth-order valence-electron chi connectivity index (χ4n) is 1.38. The molecule has 1 aromatic carbocycles. The van der Waals surface area contributed by atoms with Crippen molar-refractivity contribution in [1.29, 1.82) is 0 Å². The number of aromatic carboxylic acids is 1. The summed E-state index contributed by atoms with van der Waals surface area (Å²) in [6.07, 6.45) is 1.25. The number of pyridine rings is 1. The highest BCUT2D eigenvalue weighted by Crippen LogP contribution is 2.33. The Morgan fingerprint density at radius 2 is 2.11 bits per heavy atom. The Morgan fingerprint density at radius 1 is 1.37 bits per heavy atom. The van der Waals surface area contributed by atoms with E-state index in [0.717, 1.165) is 4.47 Å². The first-order chi connectivity index (χ1) is 8.97. The highest BCUT2D eigenvalue weighted by Gasteiger charge is 2.14. The summed E-state index contributed by atoms with van der Waals surface area (Å²) in [6.45, 7) is 0. The molecule has 0 radical (unpaired) electrons. The number of rotatable bonds is 3. The summed E-state index contributed by atoms with van der Waals surface area (Å²) < 4.78 is 6.23. The number of hydrogen-bond donors (Lipinski definition) is 2. The predicted molar refractivity (Wildman–Crippen MR) is 74.8 cm³/mol. The van der Waals surface area contributed by atoms with Gasteiger partial charge >= 0.3 is 5.97 Å². The van der Waals surface area contributed by atoms with Crippen LogP contribution < -0.4 is 10.5 Å². The molecule has 0 aliphatic heterocycles. The van der Waals surface area contributed by atoms with Gasteiger partial charge in [0, 0.05) is 4.47 Å². The van der Waals surface area contributed by atoms with Gasteiger partial charge in [-0.15, -0.1) is 0 Å². The first-order valence-electron chi connectivity index (χ1n) is 5.09. The lowest BCUT2D eigenvalue weighted by atomic mass is 10.2. The van der Waals surface area contributed by atoms with Crippen molar-refractivity contribution in [2.75, 3.05) is 5.73 Å². The molecule has 0 spiro atoms. The Labute approximate surface area is 122 Å². The predicted octanol–water partition coefficient (Wildman–Crippen LogP) is 3.57. The topological polar surface area (TPSA) is 85.4 Å². The zero-order chi connectivity index (χ0) is 14.0. The molecule has 98 valence electrons. The van der Waals surface area contributed by atoms with Crippen molar-refractivity contribution in [3.05, 3.63) is 45.5 Å². The monoisotopic (exact) mass is 342 g/mol. The molecule has 0 aliphatic rings. The van der Waals surface area contributed by atoms with Gasteiger partial charge < -0.3 is 15.6 Å². The van der Waals surface area contributed by atoms with Crippen LogP contribution in [-0.2, 0) is 0 Å². The van der Waals surface area contributed by atoms with E-state index >= 15 is 0 Å². The third kappa shape index (κ3) is 3.15. The lowest BCUT2D eigenvalue weighted by Crippen LogP contribution is -2.03. The van der Waals surface area contributed by atoms with Crippen LogP contribution in [0.4, 0.5) is 5.82 Å². The molecule has 3 N–H and O–H groups in total. The number of halogens is 2. The second kappa shape index (κ2) is 5.46. The summed E-state index contributed by atoms with van der Waals surface area (Å²) in [5.74, 6) is -0.660. The number of ether oxygens (including phenoxy) is 1. The third-order valence-corrected chi connectivity index (χ3v) is 3.04. The van der Waals surface area contributed by atoms with Crippen molar-refractivity contribution in [3.8, 4) is 11.5 Å². The van der Waals surface area contributed by atoms with E-state index in [2.05, 4.69) is 20.9 Å². The first kappa shape index (κ1) is 13.6. The van der Waals surface area contributed by atoms with Crippen LogP contribution in [0.1, 0.15) is 10.4 Å². The standard InChI is InChI=1S/C12H8BrClN2O3/c13-6-1-2-8(14)9(3-6)19-10-5-16-11(15)4-7(10)12(17)18/h1-5H,(H2,15,16)(H,17,18). The van der Waals surface area contributed by atoms with Gasteiger partial charge in [-0.25, -0.2) is 9.78 Å². The van der Waals surface area contributed by atoms with E-state index < -0.39 is 5.97 Å². The largest absolute Gasteiger partial charge is 0.478 e. The highest BCUT2D eigenvalue weighted by molar-refractivity contribution is 9.10. The fraction of sp³-hybridized carbons (Fsp3) is 0. The molecule has 0 saturated heterocycles. The molecule has 2 rings (SSSR count). The van der Waals surface area contributed by atoms with Crippen molar-refractivity contribution >= 4 is 39.3 Å². The van der Waals surface area contributed by atoms with Crippen LogP contribution in [0.25, 0.3) is 0 Å². The third-order valence-electron chi connectivity index (χ3n) is 2.23. The molecule has 0 aliphatic carbocycles. The number of nitrogens with zero attached hydrogens (tertiary/aromatic N) is 1. The van der Waals surface area contributed by atoms with E-state index in [1.807, 2.05) is 0 Å². The van der Waals surface area contributed by atoms with Crippen molar-refractivity contribution in [2.45, 2.75) is 0 Å². The van der Waals surface area contributed by atoms with E-state index in [4.69, 9.17) is 27.2 Å². The minimum Gasteiger partial charge on any atom is -0.478 e. The number of hydrogen-bond acceptors (Lipinski definition) is 4. The summed E-state index contributed by atoms with van der Waals surface area (Å²) in [4.78, 5) is 14.9. The van der Waals surface area contributed by atoms with Gasteiger partial charge in [0.25, 0.3) is 0 Å². The Bertz CT molecular complexity index is 649. The molecule has 0 bridgehead atoms. The smallest absolute Gasteiger partial charge is 0.339 e. The van der Waals surface area contributed by atoms with Gasteiger partial charge in [0.2, 0.25) is 0 Å². The van der Waals surface area contributed by atoms with E-state index in [1.54, 1.807) is 18.2 Å². The second-order valence-electron chi connectivity index (χ2n) is 3.59. The van der Waals surface area contributed by atoms with Gasteiger partial charge in [0.15, 0.2) is 5.75 Å². The second-order valence-corrected chi connectivity index (χ2v) is 4.91. The molecule has 0 unspecified atom stereocenters. The number of carboxylic acid groups (broad SMARTS) is 1. The molecule has 2 aromatic rings. The maximum atomic E-state index is 11.1. The molecule has 0 atom stereocenters. The molecule has 0 saturated carbocycles. The van der Waals surface area contributed by atoms with Gasteiger partial charge in [-0.3, -0.25) is 0 Å². The Kier molecular flexibility index (Phi) is 3.92. The van der Waals surface area contributed by atoms with Crippen LogP contribution in [0.15, 0.2) is 34.9 Å². The van der Waals surface area contributed by atoms with Crippen LogP contribution in [0.3, 0.4) is 0 Å². The van der Waals surface area contributed by atoms with Gasteiger partial charge in [-0.05, 0) is 24.3 Å². The molecule has 19 heavy (non-hydrogen) atoms. The maximum Gasteiger partial charge on any atom is 0.339 e. The van der Waals surface area contributed by atoms with Crippen LogP contribution in [0.2, 0.25) is 5.02 Å². The lowest BCUT2D eigenvalue weighted by Gasteiger charge is -2.10. The highest BCUT2D eigenvalue weighted by atomic mass is 79.9. The number of aromatic nitrogens is 1. The van der Waals surface area contributed by atoms with Crippen molar-refractivity contribution in [1.82, 2.24) is 4.98 Å². The summed E-state index contributed by atoms with van der Waals surface area (Å²) >= 11 is 9.25. The van der Waals surface area contributed by atoms with E-state index in [1.165, 1.54) is 12.3 Å². The Morgan fingerprint density at radius 3 is 2.79 bits per heavy atom. The van der Waals surface area contributed by atoms with Gasteiger partial charge in [-0.1, -0.05) is 27.5 Å². The van der Waals surface area contributed by atoms with Crippen LogP contribution >= 0.6 is 27.5 Å². The average Bonchev–Trinajstić information content (AvgIpc) is 2.35. The Hall–Kier alpha value is -1.79. The minimum absolute atomic E-state index is 0.0710.